The summed E-state index contributed by atoms with van der Waals surface area (Å²) >= 11 is 0. The molecule has 0 bridgehead atoms. The highest BCUT2D eigenvalue weighted by Crippen LogP contribution is 2.24. The smallest absolute Gasteiger partial charge is 0.315 e. The van der Waals surface area contributed by atoms with E-state index in [2.05, 4.69) is 24.5 Å². The lowest BCUT2D eigenvalue weighted by atomic mass is 9.86. The molecule has 0 heterocycles. The summed E-state index contributed by atoms with van der Waals surface area (Å²) in [7, 11) is 0. The number of nitrogens with one attached hydrogen (secondary N) is 2. The number of amides is 2. The second-order valence-electron chi connectivity index (χ2n) is 7.03. The molecule has 2 rings (SSSR count). The van der Waals surface area contributed by atoms with Crippen LogP contribution in [0.3, 0.4) is 0 Å². The van der Waals surface area contributed by atoms with Crippen LogP contribution in [-0.4, -0.2) is 29.8 Å². The number of hydrogen-bond donors (Lipinski definition) is 3. The Morgan fingerprint density at radius 2 is 1.88 bits per heavy atom. The van der Waals surface area contributed by atoms with Gasteiger partial charge in [-0.15, -0.1) is 0 Å². The normalized spacial score (nSPS) is 20.1. The Hall–Kier alpha value is -2.24. The Morgan fingerprint density at radius 1 is 1.20 bits per heavy atom. The summed E-state index contributed by atoms with van der Waals surface area (Å²) in [4.78, 5) is 23.1. The van der Waals surface area contributed by atoms with E-state index in [4.69, 9.17) is 9.84 Å². The standard InChI is InChI=1S/C19H28N2O4/c1-13(2)12-25-17-6-4-3-5-15(17)11-20-19(24)21-16-9-7-14(8-10-16)18(22)23/h3-6,13-14,16H,7-12H2,1-2H3,(H,22,23)(H2,20,21,24). The molecule has 1 fully saturated rings. The molecule has 6 nitrogen and oxygen atoms in total. The summed E-state index contributed by atoms with van der Waals surface area (Å²) in [5, 5.41) is 14.8. The van der Waals surface area contributed by atoms with Gasteiger partial charge in [0, 0.05) is 18.2 Å². The Morgan fingerprint density at radius 3 is 2.52 bits per heavy atom. The van der Waals surface area contributed by atoms with Gasteiger partial charge in [0.1, 0.15) is 5.75 Å². The quantitative estimate of drug-likeness (QED) is 0.706. The topological polar surface area (TPSA) is 87.7 Å². The minimum atomic E-state index is -0.735. The van der Waals surface area contributed by atoms with E-state index in [0.29, 0.717) is 44.8 Å². The van der Waals surface area contributed by atoms with Gasteiger partial charge in [-0.3, -0.25) is 4.79 Å². The Labute approximate surface area is 149 Å². The van der Waals surface area contributed by atoms with Crippen LogP contribution in [0.15, 0.2) is 24.3 Å². The number of carbonyl (C=O) groups is 2. The van der Waals surface area contributed by atoms with E-state index in [0.717, 1.165) is 11.3 Å². The maximum atomic E-state index is 12.1. The molecule has 2 amide bonds. The Kier molecular flexibility index (Phi) is 7.10. The van der Waals surface area contributed by atoms with Gasteiger partial charge in [0.2, 0.25) is 0 Å². The van der Waals surface area contributed by atoms with E-state index in [1.165, 1.54) is 0 Å². The average Bonchev–Trinajstić information content (AvgIpc) is 2.59. The van der Waals surface area contributed by atoms with Crippen LogP contribution in [0.2, 0.25) is 0 Å². The zero-order valence-corrected chi connectivity index (χ0v) is 15.0. The first-order valence-electron chi connectivity index (χ1n) is 8.93. The van der Waals surface area contributed by atoms with Crippen LogP contribution in [0.5, 0.6) is 5.75 Å². The number of carboxylic acids is 1. The summed E-state index contributed by atoms with van der Waals surface area (Å²) < 4.78 is 5.79. The molecule has 25 heavy (non-hydrogen) atoms. The molecule has 0 radical (unpaired) electrons. The van der Waals surface area contributed by atoms with Crippen molar-refractivity contribution in [2.24, 2.45) is 11.8 Å². The van der Waals surface area contributed by atoms with Crippen molar-refractivity contribution in [2.75, 3.05) is 6.61 Å². The first-order chi connectivity index (χ1) is 12.0. The molecule has 1 aliphatic carbocycles. The molecule has 1 aromatic rings. The first-order valence-corrected chi connectivity index (χ1v) is 8.93. The zero-order valence-electron chi connectivity index (χ0n) is 15.0. The highest BCUT2D eigenvalue weighted by molar-refractivity contribution is 5.74. The largest absolute Gasteiger partial charge is 0.493 e. The van der Waals surface area contributed by atoms with E-state index in [9.17, 15) is 9.59 Å². The summed E-state index contributed by atoms with van der Waals surface area (Å²) in [6.07, 6.45) is 2.65. The number of para-hydroxylation sites is 1. The predicted octanol–water partition coefficient (Wildman–Crippen LogP) is 3.16. The highest BCUT2D eigenvalue weighted by atomic mass is 16.5. The second kappa shape index (κ2) is 9.30. The fourth-order valence-corrected chi connectivity index (χ4v) is 2.94. The molecule has 1 aromatic carbocycles. The third-order valence-electron chi connectivity index (χ3n) is 4.40. The van der Waals surface area contributed by atoms with E-state index in [1.807, 2.05) is 24.3 Å². The molecule has 0 spiro atoms. The minimum absolute atomic E-state index is 0.0445. The maximum absolute atomic E-state index is 12.1. The number of rotatable bonds is 7. The predicted molar refractivity (Wildman–Crippen MR) is 95.5 cm³/mol. The molecular formula is C19H28N2O4. The Balaban J connectivity index is 1.78. The number of aliphatic carboxylic acids is 1. The molecule has 0 saturated heterocycles. The van der Waals surface area contributed by atoms with Crippen molar-refractivity contribution < 1.29 is 19.4 Å². The van der Waals surface area contributed by atoms with Crippen LogP contribution in [-0.2, 0) is 11.3 Å². The van der Waals surface area contributed by atoms with Gasteiger partial charge >= 0.3 is 12.0 Å². The van der Waals surface area contributed by atoms with E-state index in [1.54, 1.807) is 0 Å². The van der Waals surface area contributed by atoms with Crippen molar-refractivity contribution in [1.29, 1.82) is 0 Å². The van der Waals surface area contributed by atoms with Crippen LogP contribution in [0.4, 0.5) is 4.79 Å². The molecule has 3 N–H and O–H groups in total. The maximum Gasteiger partial charge on any atom is 0.315 e. The van der Waals surface area contributed by atoms with E-state index in [-0.39, 0.29) is 18.0 Å². The number of carboxylic acid groups (broad SMARTS) is 1. The molecule has 1 aliphatic rings. The molecule has 0 unspecified atom stereocenters. The van der Waals surface area contributed by atoms with E-state index < -0.39 is 5.97 Å². The molecule has 1 saturated carbocycles. The fourth-order valence-electron chi connectivity index (χ4n) is 2.94. The van der Waals surface area contributed by atoms with Crippen molar-refractivity contribution >= 4 is 12.0 Å². The van der Waals surface area contributed by atoms with Gasteiger partial charge in [0.05, 0.1) is 12.5 Å². The number of benzene rings is 1. The minimum Gasteiger partial charge on any atom is -0.493 e. The molecule has 0 aromatic heterocycles. The lowest BCUT2D eigenvalue weighted by Gasteiger charge is -2.26. The number of urea groups is 1. The molecule has 0 aliphatic heterocycles. The van der Waals surface area contributed by atoms with Gasteiger partial charge in [0.25, 0.3) is 0 Å². The fraction of sp³-hybridized carbons (Fsp3) is 0.579. The Bertz CT molecular complexity index is 581. The van der Waals surface area contributed by atoms with Gasteiger partial charge in [-0.1, -0.05) is 32.0 Å². The van der Waals surface area contributed by atoms with Crippen LogP contribution in [0.1, 0.15) is 45.1 Å². The van der Waals surface area contributed by atoms with Crippen molar-refractivity contribution in [1.82, 2.24) is 10.6 Å². The molecule has 0 atom stereocenters. The SMILES string of the molecule is CC(C)COc1ccccc1CNC(=O)NC1CCC(C(=O)O)CC1. The van der Waals surface area contributed by atoms with Crippen molar-refractivity contribution in [3.63, 3.8) is 0 Å². The van der Waals surface area contributed by atoms with Crippen molar-refractivity contribution in [2.45, 2.75) is 52.1 Å². The van der Waals surface area contributed by atoms with Crippen LogP contribution in [0.25, 0.3) is 0 Å². The highest BCUT2D eigenvalue weighted by Gasteiger charge is 2.26. The van der Waals surface area contributed by atoms with Crippen molar-refractivity contribution in [3.8, 4) is 5.75 Å². The summed E-state index contributed by atoms with van der Waals surface area (Å²) in [5.74, 6) is 0.218. The number of carbonyl (C=O) groups excluding carboxylic acids is 1. The molecule has 6 heteroatoms. The molecule has 138 valence electrons. The lowest BCUT2D eigenvalue weighted by Crippen LogP contribution is -2.43. The summed E-state index contributed by atoms with van der Waals surface area (Å²) in [6, 6.07) is 7.50. The molecular weight excluding hydrogens is 320 g/mol. The number of hydrogen-bond acceptors (Lipinski definition) is 3. The number of ether oxygens (including phenoxy) is 1. The lowest BCUT2D eigenvalue weighted by molar-refractivity contribution is -0.142. The van der Waals surface area contributed by atoms with Gasteiger partial charge < -0.3 is 20.5 Å². The first kappa shape index (κ1) is 19.1. The second-order valence-corrected chi connectivity index (χ2v) is 7.03. The monoisotopic (exact) mass is 348 g/mol. The summed E-state index contributed by atoms with van der Waals surface area (Å²) in [6.45, 7) is 5.21. The average molecular weight is 348 g/mol. The van der Waals surface area contributed by atoms with Crippen LogP contribution >= 0.6 is 0 Å². The van der Waals surface area contributed by atoms with Gasteiger partial charge in [-0.25, -0.2) is 4.79 Å². The van der Waals surface area contributed by atoms with Gasteiger partial charge in [-0.05, 0) is 37.7 Å². The summed E-state index contributed by atoms with van der Waals surface area (Å²) in [5.41, 5.74) is 0.938. The van der Waals surface area contributed by atoms with Crippen LogP contribution in [0, 0.1) is 11.8 Å². The van der Waals surface area contributed by atoms with Gasteiger partial charge in [-0.2, -0.15) is 0 Å². The third-order valence-corrected chi connectivity index (χ3v) is 4.40. The van der Waals surface area contributed by atoms with Crippen LogP contribution < -0.4 is 15.4 Å². The third kappa shape index (κ3) is 6.29. The van der Waals surface area contributed by atoms with Gasteiger partial charge in [0.15, 0.2) is 0 Å². The zero-order chi connectivity index (χ0) is 18.2. The van der Waals surface area contributed by atoms with Crippen molar-refractivity contribution in [3.05, 3.63) is 29.8 Å². The van der Waals surface area contributed by atoms with E-state index >= 15 is 0 Å².